The number of hydrogen-bond acceptors (Lipinski definition) is 6. The third-order valence-corrected chi connectivity index (χ3v) is 5.53. The van der Waals surface area contributed by atoms with E-state index in [1.807, 2.05) is 30.3 Å². The van der Waals surface area contributed by atoms with E-state index < -0.39 is 5.97 Å². The van der Waals surface area contributed by atoms with E-state index in [9.17, 15) is 9.90 Å². The fourth-order valence-electron chi connectivity index (χ4n) is 3.69. The zero-order valence-electron chi connectivity index (χ0n) is 16.0. The van der Waals surface area contributed by atoms with Crippen molar-refractivity contribution in [2.45, 2.75) is 37.8 Å². The highest BCUT2D eigenvalue weighted by Gasteiger charge is 2.37. The van der Waals surface area contributed by atoms with Gasteiger partial charge >= 0.3 is 5.97 Å². The molecular weight excluding hydrogens is 356 g/mol. The predicted octanol–water partition coefficient (Wildman–Crippen LogP) is 2.89. The molecule has 2 fully saturated rings. The van der Waals surface area contributed by atoms with Crippen LogP contribution in [-0.2, 0) is 4.79 Å². The van der Waals surface area contributed by atoms with Crippen LogP contribution in [0.15, 0.2) is 36.5 Å². The van der Waals surface area contributed by atoms with E-state index in [1.54, 1.807) is 13.3 Å². The highest BCUT2D eigenvalue weighted by atomic mass is 16.5. The second-order valence-electron chi connectivity index (χ2n) is 7.73. The summed E-state index contributed by atoms with van der Waals surface area (Å²) >= 11 is 0. The lowest BCUT2D eigenvalue weighted by atomic mass is 9.85. The Morgan fingerprint density at radius 3 is 2.64 bits per heavy atom. The minimum absolute atomic E-state index is 0.136. The van der Waals surface area contributed by atoms with Gasteiger partial charge in [-0.25, -0.2) is 9.97 Å². The number of rotatable bonds is 9. The molecule has 0 atom stereocenters. The van der Waals surface area contributed by atoms with E-state index in [0.717, 1.165) is 36.4 Å². The quantitative estimate of drug-likeness (QED) is 0.689. The molecule has 1 aromatic carbocycles. The van der Waals surface area contributed by atoms with Crippen LogP contribution >= 0.6 is 0 Å². The minimum Gasteiger partial charge on any atom is -0.497 e. The van der Waals surface area contributed by atoms with Gasteiger partial charge in [0.25, 0.3) is 0 Å². The fourth-order valence-corrected chi connectivity index (χ4v) is 3.69. The van der Waals surface area contributed by atoms with E-state index >= 15 is 0 Å². The van der Waals surface area contributed by atoms with Gasteiger partial charge < -0.3 is 15.2 Å². The molecule has 4 rings (SSSR count). The SMILES string of the molecule is COc1ccc(-c2ccnc(NC3CC(N(CC(=O)O)CC4CC4)C3)n2)cc1. The van der Waals surface area contributed by atoms with Crippen LogP contribution in [0.1, 0.15) is 25.7 Å². The van der Waals surface area contributed by atoms with E-state index in [2.05, 4.69) is 20.2 Å². The van der Waals surface area contributed by atoms with Gasteiger partial charge in [0.2, 0.25) is 5.95 Å². The number of aliphatic carboxylic acids is 1. The molecule has 2 N–H and O–H groups in total. The smallest absolute Gasteiger partial charge is 0.317 e. The first kappa shape index (κ1) is 18.7. The molecule has 7 heteroatoms. The van der Waals surface area contributed by atoms with E-state index in [1.165, 1.54) is 12.8 Å². The van der Waals surface area contributed by atoms with E-state index in [4.69, 9.17) is 4.74 Å². The van der Waals surface area contributed by atoms with Crippen molar-refractivity contribution in [3.8, 4) is 17.0 Å². The third kappa shape index (κ3) is 4.59. The maximum atomic E-state index is 11.2. The van der Waals surface area contributed by atoms with Crippen molar-refractivity contribution in [2.24, 2.45) is 5.92 Å². The Morgan fingerprint density at radius 2 is 2.00 bits per heavy atom. The Morgan fingerprint density at radius 1 is 1.25 bits per heavy atom. The molecule has 28 heavy (non-hydrogen) atoms. The third-order valence-electron chi connectivity index (χ3n) is 5.53. The summed E-state index contributed by atoms with van der Waals surface area (Å²) in [5.74, 6) is 1.38. The predicted molar refractivity (Wildman–Crippen MR) is 106 cm³/mol. The number of benzene rings is 1. The molecule has 0 bridgehead atoms. The van der Waals surface area contributed by atoms with E-state index in [-0.39, 0.29) is 12.6 Å². The minimum atomic E-state index is -0.743. The lowest BCUT2D eigenvalue weighted by molar-refractivity contribution is -0.139. The van der Waals surface area contributed by atoms with Crippen molar-refractivity contribution >= 4 is 11.9 Å². The van der Waals surface area contributed by atoms with Crippen molar-refractivity contribution in [1.82, 2.24) is 14.9 Å². The molecule has 0 saturated heterocycles. The van der Waals surface area contributed by atoms with Gasteiger partial charge in [-0.15, -0.1) is 0 Å². The van der Waals surface area contributed by atoms with Crippen molar-refractivity contribution < 1.29 is 14.6 Å². The van der Waals surface area contributed by atoms with Crippen LogP contribution < -0.4 is 10.1 Å². The van der Waals surface area contributed by atoms with Crippen LogP contribution in [0.4, 0.5) is 5.95 Å². The van der Waals surface area contributed by atoms with E-state index in [0.29, 0.717) is 17.9 Å². The Kier molecular flexibility index (Phi) is 5.43. The first-order valence-electron chi connectivity index (χ1n) is 9.80. The zero-order valence-corrected chi connectivity index (χ0v) is 16.0. The summed E-state index contributed by atoms with van der Waals surface area (Å²) in [5, 5.41) is 12.6. The molecule has 0 amide bonds. The lowest BCUT2D eigenvalue weighted by Crippen LogP contribution is -2.52. The number of nitrogens with zero attached hydrogens (tertiary/aromatic N) is 3. The number of ether oxygens (including phenoxy) is 1. The summed E-state index contributed by atoms with van der Waals surface area (Å²) in [7, 11) is 1.65. The van der Waals surface area contributed by atoms with Gasteiger partial charge in [0.15, 0.2) is 0 Å². The number of hydrogen-bond donors (Lipinski definition) is 2. The normalized spacial score (nSPS) is 21.2. The topological polar surface area (TPSA) is 87.6 Å². The molecule has 1 aromatic heterocycles. The highest BCUT2D eigenvalue weighted by Crippen LogP contribution is 2.34. The van der Waals surface area contributed by atoms with Gasteiger partial charge in [-0.2, -0.15) is 0 Å². The number of nitrogens with one attached hydrogen (secondary N) is 1. The largest absolute Gasteiger partial charge is 0.497 e. The second-order valence-corrected chi connectivity index (χ2v) is 7.73. The van der Waals surface area contributed by atoms with Crippen LogP contribution in [0.3, 0.4) is 0 Å². The Bertz CT molecular complexity index is 817. The maximum Gasteiger partial charge on any atom is 0.317 e. The number of carboxylic acids is 1. The van der Waals surface area contributed by atoms with Crippen LogP contribution in [0.5, 0.6) is 5.75 Å². The van der Waals surface area contributed by atoms with Gasteiger partial charge in [-0.3, -0.25) is 9.69 Å². The first-order chi connectivity index (χ1) is 13.6. The summed E-state index contributed by atoms with van der Waals surface area (Å²) in [4.78, 5) is 22.3. The molecule has 0 radical (unpaired) electrons. The molecule has 2 aromatic rings. The van der Waals surface area contributed by atoms with Crippen molar-refractivity contribution in [3.63, 3.8) is 0 Å². The molecular formula is C21H26N4O3. The highest BCUT2D eigenvalue weighted by molar-refractivity contribution is 5.69. The molecule has 1 heterocycles. The molecule has 0 aliphatic heterocycles. The van der Waals surface area contributed by atoms with Crippen LogP contribution in [-0.4, -0.2) is 58.2 Å². The van der Waals surface area contributed by atoms with Crippen molar-refractivity contribution in [1.29, 1.82) is 0 Å². The van der Waals surface area contributed by atoms with Gasteiger partial charge in [0.05, 0.1) is 19.3 Å². The van der Waals surface area contributed by atoms with Gasteiger partial charge in [-0.05, 0) is 61.9 Å². The van der Waals surface area contributed by atoms with Crippen molar-refractivity contribution in [3.05, 3.63) is 36.5 Å². The number of carboxylic acid groups (broad SMARTS) is 1. The molecule has 2 aliphatic carbocycles. The molecule has 2 saturated carbocycles. The van der Waals surface area contributed by atoms with Crippen LogP contribution in [0, 0.1) is 5.92 Å². The molecule has 0 spiro atoms. The number of anilines is 1. The summed E-state index contributed by atoms with van der Waals surface area (Å²) in [5.41, 5.74) is 1.87. The van der Waals surface area contributed by atoms with Gasteiger partial charge in [0, 0.05) is 30.4 Å². The fraction of sp³-hybridized carbons (Fsp3) is 0.476. The van der Waals surface area contributed by atoms with Crippen molar-refractivity contribution in [2.75, 3.05) is 25.5 Å². The summed E-state index contributed by atoms with van der Waals surface area (Å²) < 4.78 is 5.20. The maximum absolute atomic E-state index is 11.2. The van der Waals surface area contributed by atoms with Crippen LogP contribution in [0.2, 0.25) is 0 Å². The lowest BCUT2D eigenvalue weighted by Gasteiger charge is -2.42. The summed E-state index contributed by atoms with van der Waals surface area (Å²) in [6, 6.07) is 10.3. The standard InChI is InChI=1S/C21H26N4O3/c1-28-18-6-4-15(5-7-18)19-8-9-22-21(24-19)23-16-10-17(11-16)25(13-20(26)27)12-14-2-3-14/h4-9,14,16-17H,2-3,10-13H2,1H3,(H,26,27)(H,22,23,24). The Hall–Kier alpha value is -2.67. The monoisotopic (exact) mass is 382 g/mol. The zero-order chi connectivity index (χ0) is 19.5. The molecule has 148 valence electrons. The van der Waals surface area contributed by atoms with Crippen LogP contribution in [0.25, 0.3) is 11.3 Å². The average molecular weight is 382 g/mol. The summed E-state index contributed by atoms with van der Waals surface area (Å²) in [6.45, 7) is 1.05. The molecule has 7 nitrogen and oxygen atoms in total. The Labute approximate surface area is 164 Å². The average Bonchev–Trinajstić information content (AvgIpc) is 3.48. The second kappa shape index (κ2) is 8.14. The molecule has 2 aliphatic rings. The van der Waals surface area contributed by atoms with Gasteiger partial charge in [-0.1, -0.05) is 0 Å². The Balaban J connectivity index is 1.34. The number of aromatic nitrogens is 2. The van der Waals surface area contributed by atoms with Gasteiger partial charge in [0.1, 0.15) is 5.75 Å². The number of methoxy groups -OCH3 is 1. The number of carbonyl (C=O) groups is 1. The first-order valence-corrected chi connectivity index (χ1v) is 9.80. The summed E-state index contributed by atoms with van der Waals surface area (Å²) in [6.07, 6.45) is 6.08. The molecule has 0 unspecified atom stereocenters.